The van der Waals surface area contributed by atoms with Gasteiger partial charge in [0.25, 0.3) is 0 Å². The van der Waals surface area contributed by atoms with Gasteiger partial charge in [-0.3, -0.25) is 9.52 Å². The molecule has 0 aromatic carbocycles. The molecular formula is C12H19N3O4S2. The second kappa shape index (κ2) is 6.29. The predicted molar refractivity (Wildman–Crippen MR) is 80.9 cm³/mol. The summed E-state index contributed by atoms with van der Waals surface area (Å²) in [4.78, 5) is 18.1. The number of nitrogens with zero attached hydrogens (tertiary/aromatic N) is 2. The number of morpholine rings is 1. The third kappa shape index (κ3) is 4.94. The maximum atomic E-state index is 12.2. The van der Waals surface area contributed by atoms with Gasteiger partial charge in [-0.15, -0.1) is 11.3 Å². The molecule has 1 N–H and O–H groups in total. The normalized spacial score (nSPS) is 23.1. The summed E-state index contributed by atoms with van der Waals surface area (Å²) in [5.41, 5.74) is 0.572. The Morgan fingerprint density at radius 2 is 2.10 bits per heavy atom. The highest BCUT2D eigenvalue weighted by molar-refractivity contribution is 7.92. The minimum Gasteiger partial charge on any atom is -0.372 e. The Morgan fingerprint density at radius 3 is 2.67 bits per heavy atom. The summed E-state index contributed by atoms with van der Waals surface area (Å²) in [5, 5.41) is 1.97. The van der Waals surface area contributed by atoms with Crippen LogP contribution in [0.4, 0.5) is 5.13 Å². The molecule has 0 bridgehead atoms. The van der Waals surface area contributed by atoms with E-state index in [-0.39, 0.29) is 29.7 Å². The number of carbonyl (C=O) groups excluding carboxylic acids is 1. The van der Waals surface area contributed by atoms with Crippen molar-refractivity contribution >= 4 is 32.4 Å². The van der Waals surface area contributed by atoms with Gasteiger partial charge in [-0.25, -0.2) is 13.4 Å². The van der Waals surface area contributed by atoms with Crippen molar-refractivity contribution in [2.75, 3.05) is 24.1 Å². The van der Waals surface area contributed by atoms with E-state index in [1.165, 1.54) is 11.3 Å². The van der Waals surface area contributed by atoms with E-state index in [0.717, 1.165) is 6.26 Å². The van der Waals surface area contributed by atoms with E-state index >= 15 is 0 Å². The number of carbonyl (C=O) groups is 1. The largest absolute Gasteiger partial charge is 0.372 e. The average Bonchev–Trinajstić information content (AvgIpc) is 2.72. The number of ether oxygens (including phenoxy) is 1. The topological polar surface area (TPSA) is 88.6 Å². The Hall–Kier alpha value is -1.19. The molecule has 1 aromatic heterocycles. The Kier molecular flexibility index (Phi) is 4.84. The number of hydrogen-bond acceptors (Lipinski definition) is 6. The van der Waals surface area contributed by atoms with Gasteiger partial charge >= 0.3 is 0 Å². The van der Waals surface area contributed by atoms with Crippen LogP contribution in [0, 0.1) is 0 Å². The number of anilines is 1. The standard InChI is InChI=1S/C12H19N3O4S2/c1-8-5-15(6-9(2)19-8)11(16)4-10-7-20-12(13-10)14-21(3,17)18/h7-9H,4-6H2,1-3H3,(H,13,14). The van der Waals surface area contributed by atoms with E-state index < -0.39 is 10.0 Å². The molecule has 2 unspecified atom stereocenters. The Morgan fingerprint density at radius 1 is 1.48 bits per heavy atom. The number of nitrogens with one attached hydrogen (secondary N) is 1. The summed E-state index contributed by atoms with van der Waals surface area (Å²) >= 11 is 1.17. The maximum absolute atomic E-state index is 12.2. The van der Waals surface area contributed by atoms with Gasteiger partial charge in [0.2, 0.25) is 15.9 Å². The lowest BCUT2D eigenvalue weighted by molar-refractivity contribution is -0.142. The zero-order chi connectivity index (χ0) is 15.6. The molecule has 0 saturated carbocycles. The minimum atomic E-state index is -3.34. The number of amides is 1. The van der Waals surface area contributed by atoms with Crippen molar-refractivity contribution < 1.29 is 17.9 Å². The van der Waals surface area contributed by atoms with E-state index in [0.29, 0.717) is 18.8 Å². The molecule has 21 heavy (non-hydrogen) atoms. The molecule has 1 aliphatic rings. The molecule has 2 heterocycles. The Bertz CT molecular complexity index is 604. The zero-order valence-corrected chi connectivity index (χ0v) is 13.8. The fourth-order valence-electron chi connectivity index (χ4n) is 2.24. The van der Waals surface area contributed by atoms with Crippen LogP contribution in [0.15, 0.2) is 5.38 Å². The van der Waals surface area contributed by atoms with Crippen molar-refractivity contribution in [3.05, 3.63) is 11.1 Å². The van der Waals surface area contributed by atoms with Crippen LogP contribution in [0.1, 0.15) is 19.5 Å². The minimum absolute atomic E-state index is 0.0202. The molecule has 0 radical (unpaired) electrons. The Labute approximate surface area is 128 Å². The van der Waals surface area contributed by atoms with Crippen LogP contribution in [-0.4, -0.2) is 55.8 Å². The number of rotatable bonds is 4. The van der Waals surface area contributed by atoms with E-state index in [1.54, 1.807) is 10.3 Å². The smallest absolute Gasteiger partial charge is 0.231 e. The van der Waals surface area contributed by atoms with E-state index in [2.05, 4.69) is 9.71 Å². The van der Waals surface area contributed by atoms with Crippen LogP contribution in [0.2, 0.25) is 0 Å². The molecule has 1 saturated heterocycles. The third-order valence-corrected chi connectivity index (χ3v) is 4.43. The van der Waals surface area contributed by atoms with E-state index in [4.69, 9.17) is 4.74 Å². The van der Waals surface area contributed by atoms with E-state index in [1.807, 2.05) is 13.8 Å². The van der Waals surface area contributed by atoms with Gasteiger partial charge in [-0.05, 0) is 13.8 Å². The monoisotopic (exact) mass is 333 g/mol. The van der Waals surface area contributed by atoms with Crippen LogP contribution >= 0.6 is 11.3 Å². The maximum Gasteiger partial charge on any atom is 0.231 e. The average molecular weight is 333 g/mol. The van der Waals surface area contributed by atoms with Gasteiger partial charge in [0, 0.05) is 18.5 Å². The highest BCUT2D eigenvalue weighted by atomic mass is 32.2. The molecule has 1 amide bonds. The summed E-state index contributed by atoms with van der Waals surface area (Å²) in [7, 11) is -3.34. The molecule has 9 heteroatoms. The summed E-state index contributed by atoms with van der Waals surface area (Å²) in [6.07, 6.45) is 1.28. The van der Waals surface area contributed by atoms with Crippen molar-refractivity contribution in [2.24, 2.45) is 0 Å². The summed E-state index contributed by atoms with van der Waals surface area (Å²) in [6, 6.07) is 0. The molecule has 118 valence electrons. The van der Waals surface area contributed by atoms with Gasteiger partial charge in [-0.2, -0.15) is 0 Å². The fraction of sp³-hybridized carbons (Fsp3) is 0.667. The van der Waals surface area contributed by atoms with Gasteiger partial charge in [0.15, 0.2) is 5.13 Å². The lowest BCUT2D eigenvalue weighted by Crippen LogP contribution is -2.48. The van der Waals surface area contributed by atoms with Crippen molar-refractivity contribution in [3.63, 3.8) is 0 Å². The highest BCUT2D eigenvalue weighted by Gasteiger charge is 2.26. The second-order valence-corrected chi connectivity index (χ2v) is 7.86. The number of sulfonamides is 1. The van der Waals surface area contributed by atoms with Crippen LogP contribution < -0.4 is 4.72 Å². The molecule has 1 aliphatic heterocycles. The molecule has 0 aliphatic carbocycles. The van der Waals surface area contributed by atoms with Crippen molar-refractivity contribution in [2.45, 2.75) is 32.5 Å². The van der Waals surface area contributed by atoms with Gasteiger partial charge in [0.1, 0.15) is 0 Å². The van der Waals surface area contributed by atoms with Crippen molar-refractivity contribution in [3.8, 4) is 0 Å². The van der Waals surface area contributed by atoms with Crippen LogP contribution in [0.3, 0.4) is 0 Å². The van der Waals surface area contributed by atoms with E-state index in [9.17, 15) is 13.2 Å². The van der Waals surface area contributed by atoms with Gasteiger partial charge in [-0.1, -0.05) is 0 Å². The van der Waals surface area contributed by atoms with Gasteiger partial charge < -0.3 is 9.64 Å². The Balaban J connectivity index is 1.96. The fourth-order valence-corrected chi connectivity index (χ4v) is 3.80. The lowest BCUT2D eigenvalue weighted by Gasteiger charge is -2.35. The summed E-state index contributed by atoms with van der Waals surface area (Å²) in [6.45, 7) is 5.02. The van der Waals surface area contributed by atoms with Gasteiger partial charge in [0.05, 0.1) is 30.6 Å². The quantitative estimate of drug-likeness (QED) is 0.876. The zero-order valence-electron chi connectivity index (χ0n) is 12.2. The molecule has 2 atom stereocenters. The van der Waals surface area contributed by atoms with Crippen LogP contribution in [0.25, 0.3) is 0 Å². The SMILES string of the molecule is CC1CN(C(=O)Cc2csc(NS(C)(=O)=O)n2)CC(C)O1. The first-order chi connectivity index (χ1) is 9.73. The molecule has 7 nitrogen and oxygen atoms in total. The lowest BCUT2D eigenvalue weighted by atomic mass is 10.2. The molecule has 2 rings (SSSR count). The molecule has 1 aromatic rings. The van der Waals surface area contributed by atoms with Crippen molar-refractivity contribution in [1.29, 1.82) is 0 Å². The van der Waals surface area contributed by atoms with Crippen LogP contribution in [0.5, 0.6) is 0 Å². The highest BCUT2D eigenvalue weighted by Crippen LogP contribution is 2.18. The third-order valence-electron chi connectivity index (χ3n) is 2.93. The first-order valence-electron chi connectivity index (χ1n) is 6.58. The van der Waals surface area contributed by atoms with Crippen LogP contribution in [-0.2, 0) is 26.0 Å². The number of aromatic nitrogens is 1. The second-order valence-electron chi connectivity index (χ2n) is 5.25. The first-order valence-corrected chi connectivity index (χ1v) is 9.35. The summed E-state index contributed by atoms with van der Waals surface area (Å²) in [5.74, 6) is -0.0202. The summed E-state index contributed by atoms with van der Waals surface area (Å²) < 4.78 is 30.1. The number of thiazole rings is 1. The molecule has 0 spiro atoms. The molecular weight excluding hydrogens is 314 g/mol. The first kappa shape index (κ1) is 16.2. The molecule has 1 fully saturated rings. The van der Waals surface area contributed by atoms with Crippen molar-refractivity contribution in [1.82, 2.24) is 9.88 Å². The number of hydrogen-bond donors (Lipinski definition) is 1. The predicted octanol–water partition coefficient (Wildman–Crippen LogP) is 0.693.